The number of anilines is 1. The van der Waals surface area contributed by atoms with Crippen LogP contribution in [0.15, 0.2) is 12.1 Å². The quantitative estimate of drug-likeness (QED) is 0.895. The van der Waals surface area contributed by atoms with Crippen LogP contribution in [0.3, 0.4) is 0 Å². The van der Waals surface area contributed by atoms with Gasteiger partial charge in [0, 0.05) is 13.0 Å². The molecule has 2 aromatic rings. The molecule has 2 amide bonds. The Balaban J connectivity index is 1.77. The molecule has 0 saturated carbocycles. The predicted octanol–water partition coefficient (Wildman–Crippen LogP) is 2.38. The lowest BCUT2D eigenvalue weighted by Crippen LogP contribution is -2.40. The summed E-state index contributed by atoms with van der Waals surface area (Å²) in [4.78, 5) is 27.8. The predicted molar refractivity (Wildman–Crippen MR) is 83.5 cm³/mol. The summed E-state index contributed by atoms with van der Waals surface area (Å²) < 4.78 is 1.08. The Kier molecular flexibility index (Phi) is 3.63. The third-order valence-electron chi connectivity index (χ3n) is 3.70. The monoisotopic (exact) mass is 303 g/mol. The van der Waals surface area contributed by atoms with Gasteiger partial charge >= 0.3 is 0 Å². The van der Waals surface area contributed by atoms with Crippen molar-refractivity contribution in [1.29, 1.82) is 0 Å². The average molecular weight is 303 g/mol. The number of rotatable bonds is 2. The zero-order valence-corrected chi connectivity index (χ0v) is 12.8. The molecule has 3 rings (SSSR count). The first kappa shape index (κ1) is 14.0. The molecule has 0 radical (unpaired) electrons. The van der Waals surface area contributed by atoms with Crippen LogP contribution in [0.2, 0.25) is 0 Å². The topological polar surface area (TPSA) is 71.1 Å². The number of nitrogens with one attached hydrogen (secondary N) is 2. The molecule has 1 saturated heterocycles. The largest absolute Gasteiger partial charge is 0.355 e. The maximum Gasteiger partial charge on any atom is 0.231 e. The van der Waals surface area contributed by atoms with Gasteiger partial charge in [0.05, 0.1) is 16.1 Å². The molecule has 110 valence electrons. The molecule has 1 aromatic heterocycles. The lowest BCUT2D eigenvalue weighted by atomic mass is 9.98. The van der Waals surface area contributed by atoms with E-state index in [0.29, 0.717) is 24.5 Å². The smallest absolute Gasteiger partial charge is 0.231 e. The first-order valence-corrected chi connectivity index (χ1v) is 7.80. The van der Waals surface area contributed by atoms with Gasteiger partial charge in [-0.3, -0.25) is 9.59 Å². The minimum absolute atomic E-state index is 0.0186. The van der Waals surface area contributed by atoms with Crippen molar-refractivity contribution in [3.63, 3.8) is 0 Å². The van der Waals surface area contributed by atoms with E-state index in [9.17, 15) is 9.59 Å². The zero-order chi connectivity index (χ0) is 15.0. The number of hydrogen-bond acceptors (Lipinski definition) is 4. The van der Waals surface area contributed by atoms with E-state index in [1.807, 2.05) is 6.92 Å². The summed E-state index contributed by atoms with van der Waals surface area (Å²) in [6.07, 6.45) is 1.01. The van der Waals surface area contributed by atoms with E-state index >= 15 is 0 Å². The molecule has 1 aliphatic heterocycles. The molecule has 21 heavy (non-hydrogen) atoms. The highest BCUT2D eigenvalue weighted by Crippen LogP contribution is 2.29. The van der Waals surface area contributed by atoms with Crippen molar-refractivity contribution < 1.29 is 9.59 Å². The van der Waals surface area contributed by atoms with Gasteiger partial charge in [-0.2, -0.15) is 0 Å². The number of carbonyl (C=O) groups is 2. The summed E-state index contributed by atoms with van der Waals surface area (Å²) in [5.41, 5.74) is 3.25. The Morgan fingerprint density at radius 1 is 1.43 bits per heavy atom. The second-order valence-corrected chi connectivity index (χ2v) is 6.51. The molecule has 6 heteroatoms. The van der Waals surface area contributed by atoms with Gasteiger partial charge in [0.15, 0.2) is 5.13 Å². The van der Waals surface area contributed by atoms with Gasteiger partial charge in [-0.05, 0) is 37.5 Å². The summed E-state index contributed by atoms with van der Waals surface area (Å²) in [6, 6.07) is 4.17. The molecule has 1 aliphatic rings. The Hall–Kier alpha value is -1.95. The summed E-state index contributed by atoms with van der Waals surface area (Å²) in [7, 11) is 0. The minimum Gasteiger partial charge on any atom is -0.355 e. The van der Waals surface area contributed by atoms with E-state index in [1.165, 1.54) is 16.9 Å². The van der Waals surface area contributed by atoms with Crippen LogP contribution in [-0.4, -0.2) is 23.3 Å². The Labute approximate surface area is 126 Å². The van der Waals surface area contributed by atoms with Crippen LogP contribution >= 0.6 is 11.3 Å². The zero-order valence-electron chi connectivity index (χ0n) is 12.0. The van der Waals surface area contributed by atoms with E-state index in [1.54, 1.807) is 0 Å². The molecule has 2 heterocycles. The number of benzene rings is 1. The molecular formula is C15H17N3O2S. The Morgan fingerprint density at radius 2 is 2.24 bits per heavy atom. The van der Waals surface area contributed by atoms with Gasteiger partial charge in [0.1, 0.15) is 0 Å². The van der Waals surface area contributed by atoms with Gasteiger partial charge in [0.25, 0.3) is 0 Å². The fourth-order valence-corrected chi connectivity index (χ4v) is 3.63. The van der Waals surface area contributed by atoms with Crippen molar-refractivity contribution in [2.45, 2.75) is 26.7 Å². The lowest BCUT2D eigenvalue weighted by Gasteiger charge is -2.20. The van der Waals surface area contributed by atoms with Crippen LogP contribution in [0.1, 0.15) is 24.0 Å². The van der Waals surface area contributed by atoms with Crippen LogP contribution in [0.5, 0.6) is 0 Å². The van der Waals surface area contributed by atoms with Gasteiger partial charge in [-0.25, -0.2) is 4.98 Å². The number of aromatic nitrogens is 1. The van der Waals surface area contributed by atoms with Crippen molar-refractivity contribution in [3.05, 3.63) is 23.3 Å². The third kappa shape index (κ3) is 2.90. The van der Waals surface area contributed by atoms with Crippen LogP contribution in [-0.2, 0) is 9.59 Å². The number of thiazole rings is 1. The van der Waals surface area contributed by atoms with E-state index in [-0.39, 0.29) is 17.7 Å². The number of carbonyl (C=O) groups excluding carboxylic acids is 2. The lowest BCUT2D eigenvalue weighted by molar-refractivity contribution is -0.126. The maximum absolute atomic E-state index is 12.2. The number of fused-ring (bicyclic) bond motifs is 1. The van der Waals surface area contributed by atoms with E-state index in [2.05, 4.69) is 34.7 Å². The number of aryl methyl sites for hydroxylation is 2. The molecular weight excluding hydrogens is 286 g/mol. The summed E-state index contributed by atoms with van der Waals surface area (Å²) in [6.45, 7) is 4.49. The Morgan fingerprint density at radius 3 is 2.95 bits per heavy atom. The van der Waals surface area contributed by atoms with Crippen molar-refractivity contribution >= 4 is 38.5 Å². The van der Waals surface area contributed by atoms with Gasteiger partial charge < -0.3 is 10.6 Å². The molecule has 1 unspecified atom stereocenters. The molecule has 5 nitrogen and oxygen atoms in total. The Bertz CT molecular complexity index is 713. The number of piperidine rings is 1. The SMILES string of the molecule is Cc1cc(C)c2nc(NC(=O)C3CCC(=O)NC3)sc2c1. The molecule has 1 atom stereocenters. The molecule has 2 N–H and O–H groups in total. The van der Waals surface area contributed by atoms with Crippen LogP contribution in [0.4, 0.5) is 5.13 Å². The first-order valence-electron chi connectivity index (χ1n) is 6.98. The first-order chi connectivity index (χ1) is 10.0. The maximum atomic E-state index is 12.2. The summed E-state index contributed by atoms with van der Waals surface area (Å²) in [5, 5.41) is 6.23. The van der Waals surface area contributed by atoms with Crippen LogP contribution in [0, 0.1) is 19.8 Å². The van der Waals surface area contributed by atoms with Crippen molar-refractivity contribution in [1.82, 2.24) is 10.3 Å². The molecule has 0 spiro atoms. The van der Waals surface area contributed by atoms with Gasteiger partial charge in [0.2, 0.25) is 11.8 Å². The highest BCUT2D eigenvalue weighted by atomic mass is 32.1. The van der Waals surface area contributed by atoms with E-state index in [4.69, 9.17) is 0 Å². The summed E-state index contributed by atoms with van der Waals surface area (Å²) >= 11 is 1.49. The van der Waals surface area contributed by atoms with E-state index < -0.39 is 0 Å². The highest BCUT2D eigenvalue weighted by molar-refractivity contribution is 7.22. The normalized spacial score (nSPS) is 18.6. The minimum atomic E-state index is -0.169. The molecule has 1 aromatic carbocycles. The van der Waals surface area contributed by atoms with Crippen LogP contribution in [0.25, 0.3) is 10.2 Å². The molecule has 1 fully saturated rings. The third-order valence-corrected chi connectivity index (χ3v) is 4.61. The number of nitrogens with zero attached hydrogens (tertiary/aromatic N) is 1. The average Bonchev–Trinajstić information content (AvgIpc) is 2.82. The van der Waals surface area contributed by atoms with Gasteiger partial charge in [-0.1, -0.05) is 17.4 Å². The van der Waals surface area contributed by atoms with Crippen molar-refractivity contribution in [2.24, 2.45) is 5.92 Å². The van der Waals surface area contributed by atoms with Crippen molar-refractivity contribution in [2.75, 3.05) is 11.9 Å². The second-order valence-electron chi connectivity index (χ2n) is 5.48. The molecule has 0 aliphatic carbocycles. The second kappa shape index (κ2) is 5.44. The highest BCUT2D eigenvalue weighted by Gasteiger charge is 2.25. The summed E-state index contributed by atoms with van der Waals surface area (Å²) in [5.74, 6) is -0.217. The number of amides is 2. The van der Waals surface area contributed by atoms with E-state index in [0.717, 1.165) is 15.8 Å². The standard InChI is InChI=1S/C15H17N3O2S/c1-8-5-9(2)13-11(6-8)21-15(17-13)18-14(20)10-3-4-12(19)16-7-10/h5-6,10H,3-4,7H2,1-2H3,(H,16,19)(H,17,18,20). The molecule has 0 bridgehead atoms. The van der Waals surface area contributed by atoms with Gasteiger partial charge in [-0.15, -0.1) is 0 Å². The van der Waals surface area contributed by atoms with Crippen LogP contribution < -0.4 is 10.6 Å². The fraction of sp³-hybridized carbons (Fsp3) is 0.400. The number of hydrogen-bond donors (Lipinski definition) is 2. The van der Waals surface area contributed by atoms with Crippen molar-refractivity contribution in [3.8, 4) is 0 Å². The fourth-order valence-electron chi connectivity index (χ4n) is 2.59.